The number of carbonyl (C=O) groups excluding carboxylic acids is 1. The summed E-state index contributed by atoms with van der Waals surface area (Å²) in [7, 11) is -4.15. The lowest BCUT2D eigenvalue weighted by Crippen LogP contribution is -2.34. The highest BCUT2D eigenvalue weighted by Gasteiger charge is 2.19. The van der Waals surface area contributed by atoms with E-state index in [4.69, 9.17) is 8.92 Å². The van der Waals surface area contributed by atoms with Gasteiger partial charge in [0.15, 0.2) is 0 Å². The maximum absolute atomic E-state index is 13.4. The minimum atomic E-state index is -4.15. The maximum atomic E-state index is 13.4. The monoisotopic (exact) mass is 552 g/mol. The predicted octanol–water partition coefficient (Wildman–Crippen LogP) is 6.37. The molecule has 0 bridgehead atoms. The van der Waals surface area contributed by atoms with Crippen molar-refractivity contribution in [3.05, 3.63) is 120 Å². The molecule has 10 heteroatoms. The fourth-order valence-electron chi connectivity index (χ4n) is 3.70. The first kappa shape index (κ1) is 27.6. The zero-order valence-corrected chi connectivity index (χ0v) is 21.8. The number of hydrogen-bond donors (Lipinski definition) is 1. The van der Waals surface area contributed by atoms with Crippen molar-refractivity contribution in [2.24, 2.45) is 0 Å². The van der Waals surface area contributed by atoms with Crippen LogP contribution in [0.5, 0.6) is 11.5 Å². The molecule has 0 radical (unpaired) electrons. The third-order valence-electron chi connectivity index (χ3n) is 5.61. The van der Waals surface area contributed by atoms with E-state index in [-0.39, 0.29) is 29.6 Å². The van der Waals surface area contributed by atoms with E-state index in [1.54, 1.807) is 48.5 Å². The van der Waals surface area contributed by atoms with Gasteiger partial charge in [0.1, 0.15) is 28.0 Å². The van der Waals surface area contributed by atoms with Gasteiger partial charge in [-0.1, -0.05) is 36.4 Å². The first-order valence-corrected chi connectivity index (χ1v) is 13.5. The van der Waals surface area contributed by atoms with Gasteiger partial charge < -0.3 is 19.1 Å². The van der Waals surface area contributed by atoms with Crippen LogP contribution in [0.25, 0.3) is 0 Å². The van der Waals surface area contributed by atoms with E-state index in [0.29, 0.717) is 23.6 Å². The Balaban J connectivity index is 1.51. The Bertz CT molecular complexity index is 1510. The summed E-state index contributed by atoms with van der Waals surface area (Å²) in [5.74, 6) is -0.359. The molecule has 0 aliphatic carbocycles. The number of carbonyl (C=O) groups is 1. The molecule has 0 aliphatic rings. The second kappa shape index (κ2) is 12.4. The molecule has 202 valence electrons. The summed E-state index contributed by atoms with van der Waals surface area (Å²) in [6.07, 6.45) is 0. The molecule has 7 nitrogen and oxygen atoms in total. The second-order valence-electron chi connectivity index (χ2n) is 8.48. The molecule has 0 spiro atoms. The molecule has 0 aromatic heterocycles. The van der Waals surface area contributed by atoms with Crippen molar-refractivity contribution in [1.29, 1.82) is 0 Å². The highest BCUT2D eigenvalue weighted by molar-refractivity contribution is 7.87. The summed E-state index contributed by atoms with van der Waals surface area (Å²) >= 11 is 0. The Morgan fingerprint density at radius 3 is 1.92 bits per heavy atom. The Hall–Kier alpha value is -4.44. The summed E-state index contributed by atoms with van der Waals surface area (Å²) in [5, 5.41) is 2.87. The van der Waals surface area contributed by atoms with E-state index in [0.717, 1.165) is 29.8 Å². The molecule has 39 heavy (non-hydrogen) atoms. The molecular formula is C29H26F2N2O5S. The number of benzene rings is 4. The molecule has 4 aromatic rings. The van der Waals surface area contributed by atoms with Crippen LogP contribution in [0.4, 0.5) is 19.3 Å². The fraction of sp³-hybridized carbons (Fsp3) is 0.138. The number of nitrogens with zero attached hydrogens (tertiary/aromatic N) is 1. The smallest absolute Gasteiger partial charge is 0.339 e. The van der Waals surface area contributed by atoms with Crippen LogP contribution in [0.1, 0.15) is 18.1 Å². The lowest BCUT2D eigenvalue weighted by Gasteiger charge is -2.24. The van der Waals surface area contributed by atoms with Crippen LogP contribution in [0.2, 0.25) is 0 Å². The normalized spacial score (nSPS) is 11.1. The summed E-state index contributed by atoms with van der Waals surface area (Å²) in [4.78, 5) is 14.7. The first-order chi connectivity index (χ1) is 18.7. The molecule has 0 atom stereocenters. The summed E-state index contributed by atoms with van der Waals surface area (Å²) in [6.45, 7) is 2.61. The minimum Gasteiger partial charge on any atom is -0.492 e. The third kappa shape index (κ3) is 7.55. The van der Waals surface area contributed by atoms with Crippen molar-refractivity contribution in [1.82, 2.24) is 4.90 Å². The topological polar surface area (TPSA) is 84.9 Å². The molecule has 0 aliphatic heterocycles. The zero-order valence-electron chi connectivity index (χ0n) is 21.0. The molecule has 2 amide bonds. The predicted molar refractivity (Wildman–Crippen MR) is 143 cm³/mol. The Kier molecular flexibility index (Phi) is 8.77. The van der Waals surface area contributed by atoms with Crippen molar-refractivity contribution < 1.29 is 30.9 Å². The molecule has 4 rings (SSSR count). The molecule has 0 saturated carbocycles. The van der Waals surface area contributed by atoms with Gasteiger partial charge in [-0.25, -0.2) is 13.6 Å². The standard InChI is InChI=1S/C29H26F2N2O5S/c1-2-37-28-6-4-3-5-27(28)32-29(34)33(19-21-7-11-23(30)12-8-21)20-22-9-15-25(16-10-22)38-39(35,36)26-17-13-24(31)14-18-26/h3-18H,2,19-20H2,1H3,(H,32,34). The highest BCUT2D eigenvalue weighted by atomic mass is 32.2. The van der Waals surface area contributed by atoms with Crippen LogP contribution in [0, 0.1) is 11.6 Å². The van der Waals surface area contributed by atoms with E-state index >= 15 is 0 Å². The van der Waals surface area contributed by atoms with Gasteiger partial charge in [0.05, 0.1) is 12.3 Å². The number of ether oxygens (including phenoxy) is 1. The number of amides is 2. The molecule has 0 saturated heterocycles. The average Bonchev–Trinajstić information content (AvgIpc) is 2.92. The number of anilines is 1. The van der Waals surface area contributed by atoms with Crippen molar-refractivity contribution >= 4 is 21.8 Å². The Morgan fingerprint density at radius 2 is 1.33 bits per heavy atom. The quantitative estimate of drug-likeness (QED) is 0.231. The molecule has 4 aromatic carbocycles. The van der Waals surface area contributed by atoms with E-state index in [1.807, 2.05) is 6.92 Å². The van der Waals surface area contributed by atoms with E-state index in [9.17, 15) is 22.0 Å². The maximum Gasteiger partial charge on any atom is 0.339 e. The summed E-state index contributed by atoms with van der Waals surface area (Å²) in [6, 6.07) is 23.0. The van der Waals surface area contributed by atoms with Gasteiger partial charge in [-0.15, -0.1) is 0 Å². The van der Waals surface area contributed by atoms with Crippen molar-refractivity contribution in [3.8, 4) is 11.5 Å². The van der Waals surface area contributed by atoms with Gasteiger partial charge in [-0.3, -0.25) is 0 Å². The lowest BCUT2D eigenvalue weighted by molar-refractivity contribution is 0.206. The largest absolute Gasteiger partial charge is 0.492 e. The van der Waals surface area contributed by atoms with Gasteiger partial charge in [0.2, 0.25) is 0 Å². The zero-order chi connectivity index (χ0) is 27.8. The Labute approximate surface area is 225 Å². The van der Waals surface area contributed by atoms with Crippen LogP contribution < -0.4 is 14.2 Å². The van der Waals surface area contributed by atoms with Gasteiger partial charge in [-0.05, 0) is 78.7 Å². The second-order valence-corrected chi connectivity index (χ2v) is 10.0. The molecule has 0 heterocycles. The number of hydrogen-bond acceptors (Lipinski definition) is 5. The number of halogens is 2. The van der Waals surface area contributed by atoms with Gasteiger partial charge in [0.25, 0.3) is 0 Å². The van der Waals surface area contributed by atoms with Gasteiger partial charge in [0, 0.05) is 13.1 Å². The van der Waals surface area contributed by atoms with Gasteiger partial charge in [-0.2, -0.15) is 8.42 Å². The van der Waals surface area contributed by atoms with Crippen LogP contribution >= 0.6 is 0 Å². The van der Waals surface area contributed by atoms with E-state index in [2.05, 4.69) is 5.32 Å². The highest BCUT2D eigenvalue weighted by Crippen LogP contribution is 2.25. The molecule has 0 fully saturated rings. The molecule has 0 unspecified atom stereocenters. The minimum absolute atomic E-state index is 0.0586. The summed E-state index contributed by atoms with van der Waals surface area (Å²) in [5.41, 5.74) is 1.91. The fourth-order valence-corrected chi connectivity index (χ4v) is 4.63. The molecular weight excluding hydrogens is 526 g/mol. The van der Waals surface area contributed by atoms with Crippen LogP contribution in [0.3, 0.4) is 0 Å². The number of para-hydroxylation sites is 2. The Morgan fingerprint density at radius 1 is 0.795 bits per heavy atom. The number of rotatable bonds is 10. The average molecular weight is 553 g/mol. The van der Waals surface area contributed by atoms with Gasteiger partial charge >= 0.3 is 16.1 Å². The first-order valence-electron chi connectivity index (χ1n) is 12.0. The van der Waals surface area contributed by atoms with E-state index in [1.165, 1.54) is 29.2 Å². The number of nitrogens with one attached hydrogen (secondary N) is 1. The molecule has 1 N–H and O–H groups in total. The van der Waals surface area contributed by atoms with Crippen molar-refractivity contribution in [3.63, 3.8) is 0 Å². The van der Waals surface area contributed by atoms with Crippen LogP contribution in [-0.4, -0.2) is 26.0 Å². The third-order valence-corrected chi connectivity index (χ3v) is 6.87. The summed E-state index contributed by atoms with van der Waals surface area (Å²) < 4.78 is 62.3. The van der Waals surface area contributed by atoms with E-state index < -0.39 is 22.0 Å². The van der Waals surface area contributed by atoms with Crippen LogP contribution in [-0.2, 0) is 23.2 Å². The van der Waals surface area contributed by atoms with Crippen LogP contribution in [0.15, 0.2) is 102 Å². The van der Waals surface area contributed by atoms with Crippen molar-refractivity contribution in [2.45, 2.75) is 24.9 Å². The van der Waals surface area contributed by atoms with Crippen molar-refractivity contribution in [2.75, 3.05) is 11.9 Å². The lowest BCUT2D eigenvalue weighted by atomic mass is 10.1. The number of urea groups is 1. The SMILES string of the molecule is CCOc1ccccc1NC(=O)N(Cc1ccc(F)cc1)Cc1ccc(OS(=O)(=O)c2ccc(F)cc2)cc1.